The molecule has 0 aromatic heterocycles. The fraction of sp³-hybridized carbons (Fsp3) is 0.800. The van der Waals surface area contributed by atoms with Gasteiger partial charge in [0.1, 0.15) is 11.6 Å². The topological polar surface area (TPSA) is 60.4 Å². The van der Waals surface area contributed by atoms with Crippen molar-refractivity contribution in [2.75, 3.05) is 7.11 Å². The molecule has 4 atom stereocenters. The Morgan fingerprint density at radius 2 is 2.00 bits per heavy atom. The van der Waals surface area contributed by atoms with Crippen LogP contribution in [-0.4, -0.2) is 24.6 Å². The largest absolute Gasteiger partial charge is 0.469 e. The monoisotopic (exact) mass is 268 g/mol. The van der Waals surface area contributed by atoms with Crippen LogP contribution < -0.4 is 0 Å². The Hall–Kier alpha value is -1.19. The van der Waals surface area contributed by atoms with Crippen LogP contribution in [-0.2, 0) is 19.1 Å². The molecular weight excluding hydrogens is 244 g/mol. The number of carbonyl (C=O) groups is 3. The van der Waals surface area contributed by atoms with Crippen LogP contribution in [0.3, 0.4) is 0 Å². The maximum atomic E-state index is 12.5. The molecule has 0 heterocycles. The molecule has 0 unspecified atom stereocenters. The van der Waals surface area contributed by atoms with Crippen molar-refractivity contribution in [2.45, 2.75) is 46.5 Å². The minimum absolute atomic E-state index is 0.0882. The molecule has 0 aromatic rings. The van der Waals surface area contributed by atoms with E-state index in [0.29, 0.717) is 18.8 Å². The second kappa shape index (κ2) is 6.83. The zero-order valence-electron chi connectivity index (χ0n) is 12.3. The predicted octanol–water partition coefficient (Wildman–Crippen LogP) is 2.40. The number of rotatable bonds is 5. The highest BCUT2D eigenvalue weighted by molar-refractivity contribution is 5.89. The SMILES string of the molecule is COC(=O)[C@H](C)[C@H]1CC[C@@H](C)[C@H](CCC(C)=O)C1=O. The summed E-state index contributed by atoms with van der Waals surface area (Å²) in [4.78, 5) is 35.2. The minimum atomic E-state index is -0.384. The van der Waals surface area contributed by atoms with Gasteiger partial charge >= 0.3 is 5.97 Å². The van der Waals surface area contributed by atoms with E-state index in [1.165, 1.54) is 7.11 Å². The Labute approximate surface area is 114 Å². The average Bonchev–Trinajstić information content (AvgIpc) is 2.36. The first-order valence-electron chi connectivity index (χ1n) is 6.99. The van der Waals surface area contributed by atoms with Gasteiger partial charge in [-0.1, -0.05) is 13.8 Å². The number of ether oxygens (including phenoxy) is 1. The van der Waals surface area contributed by atoms with Crippen LogP contribution in [0.5, 0.6) is 0 Å². The molecule has 1 fully saturated rings. The quantitative estimate of drug-likeness (QED) is 0.718. The van der Waals surface area contributed by atoms with Gasteiger partial charge in [0.15, 0.2) is 0 Å². The first-order valence-corrected chi connectivity index (χ1v) is 6.99. The predicted molar refractivity (Wildman–Crippen MR) is 71.5 cm³/mol. The third-order valence-electron chi connectivity index (χ3n) is 4.33. The molecule has 1 aliphatic carbocycles. The van der Waals surface area contributed by atoms with Crippen LogP contribution in [0.4, 0.5) is 0 Å². The summed E-state index contributed by atoms with van der Waals surface area (Å²) in [5.41, 5.74) is 0. The van der Waals surface area contributed by atoms with Crippen molar-refractivity contribution in [1.29, 1.82) is 0 Å². The number of hydrogen-bond donors (Lipinski definition) is 0. The van der Waals surface area contributed by atoms with Crippen LogP contribution in [0.1, 0.15) is 46.5 Å². The average molecular weight is 268 g/mol. The van der Waals surface area contributed by atoms with E-state index in [0.717, 1.165) is 12.8 Å². The molecule has 0 aliphatic heterocycles. The highest BCUT2D eigenvalue weighted by atomic mass is 16.5. The third-order valence-corrected chi connectivity index (χ3v) is 4.33. The molecule has 1 saturated carbocycles. The van der Waals surface area contributed by atoms with E-state index in [1.54, 1.807) is 13.8 Å². The van der Waals surface area contributed by atoms with Crippen molar-refractivity contribution in [2.24, 2.45) is 23.7 Å². The Balaban J connectivity index is 2.74. The van der Waals surface area contributed by atoms with Crippen molar-refractivity contribution >= 4 is 17.5 Å². The Kier molecular flexibility index (Phi) is 5.70. The summed E-state index contributed by atoms with van der Waals surface area (Å²) in [6, 6.07) is 0. The lowest BCUT2D eigenvalue weighted by Crippen LogP contribution is -2.39. The Bertz CT molecular complexity index is 361. The fourth-order valence-corrected chi connectivity index (χ4v) is 2.97. The van der Waals surface area contributed by atoms with Gasteiger partial charge in [0.2, 0.25) is 0 Å². The van der Waals surface area contributed by atoms with Crippen LogP contribution in [0.15, 0.2) is 0 Å². The summed E-state index contributed by atoms with van der Waals surface area (Å²) in [5, 5.41) is 0. The molecule has 0 N–H and O–H groups in total. The van der Waals surface area contributed by atoms with Gasteiger partial charge in [-0.15, -0.1) is 0 Å². The van der Waals surface area contributed by atoms with E-state index in [9.17, 15) is 14.4 Å². The van der Waals surface area contributed by atoms with Gasteiger partial charge in [0, 0.05) is 18.3 Å². The van der Waals surface area contributed by atoms with Crippen molar-refractivity contribution in [3.8, 4) is 0 Å². The summed E-state index contributed by atoms with van der Waals surface area (Å²) in [7, 11) is 1.35. The molecule has 0 aromatic carbocycles. The number of hydrogen-bond acceptors (Lipinski definition) is 4. The molecule has 4 nitrogen and oxygen atoms in total. The second-order valence-corrected chi connectivity index (χ2v) is 5.72. The number of carbonyl (C=O) groups excluding carboxylic acids is 3. The van der Waals surface area contributed by atoms with Crippen LogP contribution in [0, 0.1) is 23.7 Å². The molecule has 0 amide bonds. The van der Waals surface area contributed by atoms with E-state index in [-0.39, 0.29) is 35.3 Å². The Morgan fingerprint density at radius 3 is 2.53 bits per heavy atom. The molecule has 0 spiro atoms. The Morgan fingerprint density at radius 1 is 1.37 bits per heavy atom. The summed E-state index contributed by atoms with van der Waals surface area (Å²) in [6.07, 6.45) is 2.73. The fourth-order valence-electron chi connectivity index (χ4n) is 2.97. The molecule has 19 heavy (non-hydrogen) atoms. The van der Waals surface area contributed by atoms with E-state index in [1.807, 2.05) is 0 Å². The molecule has 0 saturated heterocycles. The van der Waals surface area contributed by atoms with Crippen LogP contribution in [0.25, 0.3) is 0 Å². The second-order valence-electron chi connectivity index (χ2n) is 5.72. The van der Waals surface area contributed by atoms with Gasteiger partial charge in [-0.25, -0.2) is 0 Å². The number of ketones is 2. The lowest BCUT2D eigenvalue weighted by molar-refractivity contribution is -0.151. The van der Waals surface area contributed by atoms with Gasteiger partial charge in [-0.05, 0) is 32.1 Å². The van der Waals surface area contributed by atoms with Crippen molar-refractivity contribution in [3.05, 3.63) is 0 Å². The molecule has 108 valence electrons. The standard InChI is InChI=1S/C15H24O4/c1-9-5-7-13(11(3)15(18)19-4)14(17)12(9)8-6-10(2)16/h9,11-13H,5-8H2,1-4H3/t9-,11-,12+,13-/m1/s1. The van der Waals surface area contributed by atoms with E-state index in [4.69, 9.17) is 4.74 Å². The van der Waals surface area contributed by atoms with Crippen molar-refractivity contribution < 1.29 is 19.1 Å². The highest BCUT2D eigenvalue weighted by Gasteiger charge is 2.40. The lowest BCUT2D eigenvalue weighted by atomic mass is 9.68. The van der Waals surface area contributed by atoms with E-state index >= 15 is 0 Å². The summed E-state index contributed by atoms with van der Waals surface area (Å²) < 4.78 is 4.73. The van der Waals surface area contributed by atoms with E-state index in [2.05, 4.69) is 6.92 Å². The molecule has 0 bridgehead atoms. The van der Waals surface area contributed by atoms with E-state index < -0.39 is 0 Å². The van der Waals surface area contributed by atoms with Gasteiger partial charge in [0.25, 0.3) is 0 Å². The van der Waals surface area contributed by atoms with Crippen molar-refractivity contribution in [3.63, 3.8) is 0 Å². The normalized spacial score (nSPS) is 28.8. The van der Waals surface area contributed by atoms with Gasteiger partial charge < -0.3 is 9.53 Å². The number of Topliss-reactive ketones (excluding diaryl/α,β-unsaturated/α-hetero) is 2. The van der Waals surface area contributed by atoms with Crippen LogP contribution >= 0.6 is 0 Å². The summed E-state index contributed by atoms with van der Waals surface area (Å²) in [5.74, 6) is -0.493. The van der Waals surface area contributed by atoms with Gasteiger partial charge in [0.05, 0.1) is 13.0 Å². The third kappa shape index (κ3) is 3.88. The van der Waals surface area contributed by atoms with Crippen molar-refractivity contribution in [1.82, 2.24) is 0 Å². The van der Waals surface area contributed by atoms with Gasteiger partial charge in [-0.3, -0.25) is 9.59 Å². The smallest absolute Gasteiger partial charge is 0.309 e. The summed E-state index contributed by atoms with van der Waals surface area (Å²) in [6.45, 7) is 5.36. The maximum absolute atomic E-state index is 12.5. The molecule has 4 heteroatoms. The molecule has 0 radical (unpaired) electrons. The number of esters is 1. The molecule has 1 rings (SSSR count). The maximum Gasteiger partial charge on any atom is 0.309 e. The zero-order valence-corrected chi connectivity index (χ0v) is 12.3. The molecular formula is C15H24O4. The summed E-state index contributed by atoms with van der Waals surface area (Å²) >= 11 is 0. The first kappa shape index (κ1) is 15.9. The van der Waals surface area contributed by atoms with Crippen LogP contribution in [0.2, 0.25) is 0 Å². The van der Waals surface area contributed by atoms with Gasteiger partial charge in [-0.2, -0.15) is 0 Å². The number of methoxy groups -OCH3 is 1. The molecule has 1 aliphatic rings. The first-order chi connectivity index (χ1) is 8.88. The minimum Gasteiger partial charge on any atom is -0.469 e. The highest BCUT2D eigenvalue weighted by Crippen LogP contribution is 2.37. The zero-order chi connectivity index (χ0) is 14.6. The lowest BCUT2D eigenvalue weighted by Gasteiger charge is -2.34.